The summed E-state index contributed by atoms with van der Waals surface area (Å²) in [5.41, 5.74) is 5.50. The van der Waals surface area contributed by atoms with Gasteiger partial charge in [0.25, 0.3) is 0 Å². The molecule has 0 saturated heterocycles. The van der Waals surface area contributed by atoms with Crippen molar-refractivity contribution in [2.75, 3.05) is 39.2 Å². The summed E-state index contributed by atoms with van der Waals surface area (Å²) in [4.78, 5) is 14.0. The lowest BCUT2D eigenvalue weighted by molar-refractivity contribution is 0.374. The number of hydrogen-bond acceptors (Lipinski definition) is 7. The van der Waals surface area contributed by atoms with E-state index in [1.54, 1.807) is 0 Å². The van der Waals surface area contributed by atoms with Gasteiger partial charge in [0.15, 0.2) is 5.16 Å². The van der Waals surface area contributed by atoms with Crippen molar-refractivity contribution in [2.24, 2.45) is 0 Å². The fraction of sp³-hybridized carbons (Fsp3) is 0.625. The largest absolute Gasteiger partial charge is 0.467 e. The van der Waals surface area contributed by atoms with Crippen LogP contribution in [0.1, 0.15) is 0 Å². The Bertz CT molecular complexity index is 320. The summed E-state index contributed by atoms with van der Waals surface area (Å²) < 4.78 is 4.90. The van der Waals surface area contributed by atoms with Gasteiger partial charge in [-0.15, -0.1) is 0 Å². The van der Waals surface area contributed by atoms with Crippen LogP contribution in [0.5, 0.6) is 6.01 Å². The van der Waals surface area contributed by atoms with Crippen molar-refractivity contribution in [1.82, 2.24) is 19.9 Å². The molecule has 0 saturated carbocycles. The molecule has 1 aromatic rings. The van der Waals surface area contributed by atoms with E-state index < -0.39 is 0 Å². The van der Waals surface area contributed by atoms with Gasteiger partial charge in [0.1, 0.15) is 0 Å². The molecule has 0 bridgehead atoms. The summed E-state index contributed by atoms with van der Waals surface area (Å²) >= 11 is 1.53. The molecule has 0 aromatic carbocycles. The van der Waals surface area contributed by atoms with Crippen molar-refractivity contribution < 1.29 is 4.74 Å². The highest BCUT2D eigenvalue weighted by Crippen LogP contribution is 2.15. The lowest BCUT2D eigenvalue weighted by Crippen LogP contribution is -2.15. The maximum absolute atomic E-state index is 5.50. The quantitative estimate of drug-likeness (QED) is 0.718. The maximum Gasteiger partial charge on any atom is 0.321 e. The summed E-state index contributed by atoms with van der Waals surface area (Å²) in [5.74, 6) is 1.09. The summed E-state index contributed by atoms with van der Waals surface area (Å²) in [6.45, 7) is 0.957. The zero-order chi connectivity index (χ0) is 11.3. The summed E-state index contributed by atoms with van der Waals surface area (Å²) in [7, 11) is 5.54. The predicted octanol–water partition coefficient (Wildman–Crippen LogP) is 0.116. The van der Waals surface area contributed by atoms with Gasteiger partial charge in [0, 0.05) is 12.3 Å². The minimum Gasteiger partial charge on any atom is -0.467 e. The molecule has 15 heavy (non-hydrogen) atoms. The highest BCUT2D eigenvalue weighted by Gasteiger charge is 2.04. The Morgan fingerprint density at radius 2 is 2.07 bits per heavy atom. The molecule has 2 N–H and O–H groups in total. The van der Waals surface area contributed by atoms with E-state index in [9.17, 15) is 0 Å². The number of nitrogens with zero attached hydrogens (tertiary/aromatic N) is 4. The molecular weight excluding hydrogens is 214 g/mol. The molecule has 0 atom stereocenters. The van der Waals surface area contributed by atoms with Crippen LogP contribution in [0, 0.1) is 0 Å². The smallest absolute Gasteiger partial charge is 0.321 e. The van der Waals surface area contributed by atoms with E-state index in [2.05, 4.69) is 19.9 Å². The van der Waals surface area contributed by atoms with Crippen molar-refractivity contribution in [3.8, 4) is 6.01 Å². The van der Waals surface area contributed by atoms with Gasteiger partial charge < -0.3 is 15.4 Å². The molecule has 1 rings (SSSR count). The number of methoxy groups -OCH3 is 1. The number of nitrogens with two attached hydrogens (primary N) is 1. The van der Waals surface area contributed by atoms with E-state index in [-0.39, 0.29) is 12.0 Å². The fourth-order valence-electron chi connectivity index (χ4n) is 0.828. The Balaban J connectivity index is 2.56. The lowest BCUT2D eigenvalue weighted by atomic mass is 10.7. The van der Waals surface area contributed by atoms with Gasteiger partial charge in [-0.1, -0.05) is 11.8 Å². The van der Waals surface area contributed by atoms with Crippen LogP contribution < -0.4 is 10.5 Å². The Kier molecular flexibility index (Phi) is 4.57. The Labute approximate surface area is 93.3 Å². The van der Waals surface area contributed by atoms with Crippen LogP contribution in [0.25, 0.3) is 0 Å². The zero-order valence-corrected chi connectivity index (χ0v) is 9.91. The first-order valence-electron chi connectivity index (χ1n) is 4.45. The summed E-state index contributed by atoms with van der Waals surface area (Å²) in [6.07, 6.45) is 0. The van der Waals surface area contributed by atoms with Gasteiger partial charge >= 0.3 is 6.01 Å². The Hall–Kier alpha value is -1.08. The van der Waals surface area contributed by atoms with Gasteiger partial charge in [-0.3, -0.25) is 0 Å². The molecule has 6 nitrogen and oxygen atoms in total. The van der Waals surface area contributed by atoms with Crippen LogP contribution in [-0.4, -0.2) is 53.4 Å². The van der Waals surface area contributed by atoms with Gasteiger partial charge in [0.05, 0.1) is 7.11 Å². The van der Waals surface area contributed by atoms with Crippen molar-refractivity contribution >= 4 is 17.7 Å². The average Bonchev–Trinajstić information content (AvgIpc) is 2.16. The predicted molar refractivity (Wildman–Crippen MR) is 60.1 cm³/mol. The van der Waals surface area contributed by atoms with E-state index in [0.717, 1.165) is 12.3 Å². The maximum atomic E-state index is 5.50. The molecule has 0 unspecified atom stereocenters. The minimum absolute atomic E-state index is 0.189. The molecule has 0 fully saturated rings. The molecule has 1 heterocycles. The van der Waals surface area contributed by atoms with Crippen molar-refractivity contribution in [2.45, 2.75) is 5.16 Å². The van der Waals surface area contributed by atoms with Gasteiger partial charge in [-0.25, -0.2) is 0 Å². The minimum atomic E-state index is 0.189. The second-order valence-corrected chi connectivity index (χ2v) is 4.18. The Morgan fingerprint density at radius 1 is 1.33 bits per heavy atom. The van der Waals surface area contributed by atoms with Crippen molar-refractivity contribution in [3.05, 3.63) is 0 Å². The molecule has 84 valence electrons. The number of anilines is 1. The molecule has 1 aromatic heterocycles. The van der Waals surface area contributed by atoms with E-state index in [4.69, 9.17) is 10.5 Å². The zero-order valence-electron chi connectivity index (χ0n) is 9.10. The monoisotopic (exact) mass is 229 g/mol. The van der Waals surface area contributed by atoms with Gasteiger partial charge in [0.2, 0.25) is 5.95 Å². The third-order valence-electron chi connectivity index (χ3n) is 1.56. The normalized spacial score (nSPS) is 10.7. The van der Waals surface area contributed by atoms with Crippen molar-refractivity contribution in [1.29, 1.82) is 0 Å². The summed E-state index contributed by atoms with van der Waals surface area (Å²) in [5, 5.41) is 0.598. The number of hydrogen-bond donors (Lipinski definition) is 1. The topological polar surface area (TPSA) is 77.2 Å². The van der Waals surface area contributed by atoms with Crippen LogP contribution in [0.2, 0.25) is 0 Å². The van der Waals surface area contributed by atoms with E-state index in [1.165, 1.54) is 18.9 Å². The number of ether oxygens (including phenoxy) is 1. The third-order valence-corrected chi connectivity index (χ3v) is 2.39. The highest BCUT2D eigenvalue weighted by atomic mass is 32.2. The lowest BCUT2D eigenvalue weighted by Gasteiger charge is -2.08. The van der Waals surface area contributed by atoms with E-state index >= 15 is 0 Å². The second kappa shape index (κ2) is 5.72. The third kappa shape index (κ3) is 4.30. The highest BCUT2D eigenvalue weighted by molar-refractivity contribution is 7.99. The van der Waals surface area contributed by atoms with E-state index in [1.807, 2.05) is 14.1 Å². The summed E-state index contributed by atoms with van der Waals surface area (Å²) in [6, 6.07) is 0.259. The number of rotatable bonds is 5. The molecule has 7 heteroatoms. The molecular formula is C8H15N5OS. The van der Waals surface area contributed by atoms with E-state index in [0.29, 0.717) is 5.16 Å². The van der Waals surface area contributed by atoms with Crippen LogP contribution in [0.15, 0.2) is 5.16 Å². The van der Waals surface area contributed by atoms with Gasteiger partial charge in [-0.2, -0.15) is 15.0 Å². The molecule has 0 spiro atoms. The molecule has 0 amide bonds. The van der Waals surface area contributed by atoms with Crippen LogP contribution in [-0.2, 0) is 0 Å². The first-order valence-corrected chi connectivity index (χ1v) is 5.43. The number of nitrogen functional groups attached to an aromatic ring is 1. The number of thioether (sulfide) groups is 1. The van der Waals surface area contributed by atoms with Crippen LogP contribution in [0.4, 0.5) is 5.95 Å². The first kappa shape index (κ1) is 12.0. The molecule has 0 aliphatic rings. The van der Waals surface area contributed by atoms with Crippen molar-refractivity contribution in [3.63, 3.8) is 0 Å². The number of aromatic nitrogens is 3. The standard InChI is InChI=1S/C8H15N5OS/c1-13(2)4-5-15-8-11-6(9)10-7(12-8)14-3/h4-5H2,1-3H3,(H2,9,10,11,12). The van der Waals surface area contributed by atoms with Crippen LogP contribution in [0.3, 0.4) is 0 Å². The second-order valence-electron chi connectivity index (χ2n) is 3.11. The Morgan fingerprint density at radius 3 is 2.67 bits per heavy atom. The van der Waals surface area contributed by atoms with Gasteiger partial charge in [-0.05, 0) is 14.1 Å². The first-order chi connectivity index (χ1) is 7.11. The fourth-order valence-corrected chi connectivity index (χ4v) is 1.77. The average molecular weight is 229 g/mol. The molecule has 0 aliphatic heterocycles. The molecule has 0 aliphatic carbocycles. The SMILES string of the molecule is COc1nc(N)nc(SCCN(C)C)n1. The van der Waals surface area contributed by atoms with Crippen LogP contribution >= 0.6 is 11.8 Å². The molecule has 0 radical (unpaired) electrons.